The predicted octanol–water partition coefficient (Wildman–Crippen LogP) is 1.54. The molecule has 0 aliphatic heterocycles. The molecule has 0 radical (unpaired) electrons. The van der Waals surface area contributed by atoms with Crippen molar-refractivity contribution in [2.45, 2.75) is 32.7 Å². The van der Waals surface area contributed by atoms with Gasteiger partial charge in [0.1, 0.15) is 6.04 Å². The Balaban J connectivity index is 2.77. The minimum Gasteiger partial charge on any atom is -0.480 e. The fourth-order valence-corrected chi connectivity index (χ4v) is 1.99. The summed E-state index contributed by atoms with van der Waals surface area (Å²) in [5, 5.41) is 20.5. The van der Waals surface area contributed by atoms with Gasteiger partial charge < -0.3 is 15.5 Å². The number of carbonyl (C=O) groups excluding carboxylic acids is 1. The van der Waals surface area contributed by atoms with Gasteiger partial charge in [-0.05, 0) is 24.0 Å². The van der Waals surface area contributed by atoms with Crippen molar-refractivity contribution in [1.82, 2.24) is 5.32 Å². The van der Waals surface area contributed by atoms with Gasteiger partial charge in [0, 0.05) is 0 Å². The first-order chi connectivity index (χ1) is 9.81. The minimum absolute atomic E-state index is 0.0448. The normalized spacial score (nSPS) is 12.0. The van der Waals surface area contributed by atoms with E-state index in [1.165, 1.54) is 6.07 Å². The molecule has 1 rings (SSSR count). The number of hydrogen-bond donors (Lipinski definition) is 3. The van der Waals surface area contributed by atoms with Gasteiger partial charge in [-0.3, -0.25) is 4.79 Å². The molecule has 1 aromatic carbocycles. The van der Waals surface area contributed by atoms with Crippen molar-refractivity contribution < 1.29 is 24.6 Å². The largest absolute Gasteiger partial charge is 0.480 e. The number of carbonyl (C=O) groups is 3. The van der Waals surface area contributed by atoms with Crippen molar-refractivity contribution in [1.29, 1.82) is 0 Å². The number of benzene rings is 1. The van der Waals surface area contributed by atoms with Crippen LogP contribution in [0.1, 0.15) is 36.2 Å². The van der Waals surface area contributed by atoms with Crippen molar-refractivity contribution >= 4 is 17.8 Å². The molecule has 0 aliphatic rings. The van der Waals surface area contributed by atoms with Gasteiger partial charge in [0.15, 0.2) is 0 Å². The van der Waals surface area contributed by atoms with E-state index in [4.69, 9.17) is 10.2 Å². The molecule has 0 heterocycles. The maximum Gasteiger partial charge on any atom is 0.335 e. The molecular formula is C15H19NO5. The zero-order valence-corrected chi connectivity index (χ0v) is 12.0. The van der Waals surface area contributed by atoms with E-state index < -0.39 is 23.9 Å². The third kappa shape index (κ3) is 5.25. The average molecular weight is 293 g/mol. The number of hydrogen-bond acceptors (Lipinski definition) is 3. The zero-order chi connectivity index (χ0) is 16.0. The Labute approximate surface area is 122 Å². The van der Waals surface area contributed by atoms with Crippen LogP contribution in [0.4, 0.5) is 0 Å². The molecule has 0 aliphatic carbocycles. The third-order valence-electron chi connectivity index (χ3n) is 2.94. The third-order valence-corrected chi connectivity index (χ3v) is 2.94. The van der Waals surface area contributed by atoms with E-state index in [1.807, 2.05) is 13.8 Å². The Morgan fingerprint density at radius 1 is 1.14 bits per heavy atom. The molecule has 0 saturated carbocycles. The van der Waals surface area contributed by atoms with Crippen molar-refractivity contribution in [2.75, 3.05) is 0 Å². The molecule has 3 N–H and O–H groups in total. The smallest absolute Gasteiger partial charge is 0.335 e. The van der Waals surface area contributed by atoms with Crippen LogP contribution in [0.2, 0.25) is 0 Å². The summed E-state index contributed by atoms with van der Waals surface area (Å²) >= 11 is 0. The lowest BCUT2D eigenvalue weighted by molar-refractivity contribution is -0.142. The van der Waals surface area contributed by atoms with Gasteiger partial charge in [-0.25, -0.2) is 9.59 Å². The number of nitrogens with one attached hydrogen (secondary N) is 1. The lowest BCUT2D eigenvalue weighted by Gasteiger charge is -2.16. The Hall–Kier alpha value is -2.37. The van der Waals surface area contributed by atoms with E-state index in [2.05, 4.69) is 5.32 Å². The van der Waals surface area contributed by atoms with Crippen molar-refractivity contribution in [2.24, 2.45) is 5.92 Å². The predicted molar refractivity (Wildman–Crippen MR) is 76.1 cm³/mol. The molecule has 1 amide bonds. The maximum absolute atomic E-state index is 11.9. The van der Waals surface area contributed by atoms with Gasteiger partial charge in [-0.1, -0.05) is 32.0 Å². The average Bonchev–Trinajstić information content (AvgIpc) is 2.37. The van der Waals surface area contributed by atoms with Crippen LogP contribution in [0.15, 0.2) is 24.3 Å². The Morgan fingerprint density at radius 3 is 2.29 bits per heavy atom. The Bertz CT molecular complexity index is 539. The summed E-state index contributed by atoms with van der Waals surface area (Å²) in [6, 6.07) is 5.20. The van der Waals surface area contributed by atoms with Crippen LogP contribution in [0.3, 0.4) is 0 Å². The first kappa shape index (κ1) is 16.7. The highest BCUT2D eigenvalue weighted by atomic mass is 16.4. The summed E-state index contributed by atoms with van der Waals surface area (Å²) in [6.45, 7) is 3.73. The summed E-state index contributed by atoms with van der Waals surface area (Å²) < 4.78 is 0. The van der Waals surface area contributed by atoms with Crippen LogP contribution in [-0.4, -0.2) is 34.1 Å². The van der Waals surface area contributed by atoms with Crippen LogP contribution in [-0.2, 0) is 16.0 Å². The lowest BCUT2D eigenvalue weighted by Crippen LogP contribution is -2.42. The van der Waals surface area contributed by atoms with Gasteiger partial charge in [-0.2, -0.15) is 0 Å². The van der Waals surface area contributed by atoms with Crippen LogP contribution in [0.5, 0.6) is 0 Å². The maximum atomic E-state index is 11.9. The summed E-state index contributed by atoms with van der Waals surface area (Å²) in [5.74, 6) is -2.59. The van der Waals surface area contributed by atoms with E-state index in [1.54, 1.807) is 18.2 Å². The van der Waals surface area contributed by atoms with E-state index in [0.717, 1.165) is 0 Å². The summed E-state index contributed by atoms with van der Waals surface area (Å²) in [7, 11) is 0. The molecule has 6 heteroatoms. The molecule has 1 aromatic rings. The van der Waals surface area contributed by atoms with E-state index in [-0.39, 0.29) is 17.9 Å². The quantitative estimate of drug-likeness (QED) is 0.707. The Morgan fingerprint density at radius 2 is 1.76 bits per heavy atom. The monoisotopic (exact) mass is 293 g/mol. The molecule has 1 unspecified atom stereocenters. The topological polar surface area (TPSA) is 104 Å². The van der Waals surface area contributed by atoms with E-state index in [0.29, 0.717) is 12.0 Å². The van der Waals surface area contributed by atoms with E-state index in [9.17, 15) is 14.4 Å². The number of aromatic carboxylic acids is 1. The fourth-order valence-electron chi connectivity index (χ4n) is 1.99. The zero-order valence-electron chi connectivity index (χ0n) is 12.0. The highest BCUT2D eigenvalue weighted by Crippen LogP contribution is 2.10. The second kappa shape index (κ2) is 7.42. The first-order valence-corrected chi connectivity index (χ1v) is 6.64. The van der Waals surface area contributed by atoms with Gasteiger partial charge >= 0.3 is 11.9 Å². The minimum atomic E-state index is -1.12. The van der Waals surface area contributed by atoms with Gasteiger partial charge in [0.05, 0.1) is 12.0 Å². The molecule has 0 aromatic heterocycles. The molecular weight excluding hydrogens is 274 g/mol. The first-order valence-electron chi connectivity index (χ1n) is 6.64. The summed E-state index contributed by atoms with van der Waals surface area (Å²) in [6.07, 6.45) is 0.159. The van der Waals surface area contributed by atoms with Crippen LogP contribution in [0, 0.1) is 5.92 Å². The van der Waals surface area contributed by atoms with E-state index >= 15 is 0 Å². The van der Waals surface area contributed by atoms with Crippen LogP contribution < -0.4 is 5.32 Å². The van der Waals surface area contributed by atoms with Gasteiger partial charge in [0.25, 0.3) is 0 Å². The molecule has 114 valence electrons. The summed E-state index contributed by atoms with van der Waals surface area (Å²) in [4.78, 5) is 34.1. The molecule has 1 atom stereocenters. The van der Waals surface area contributed by atoms with Gasteiger partial charge in [0.2, 0.25) is 5.91 Å². The molecule has 0 saturated heterocycles. The van der Waals surface area contributed by atoms with Crippen molar-refractivity contribution in [3.8, 4) is 0 Å². The number of rotatable bonds is 7. The summed E-state index contributed by atoms with van der Waals surface area (Å²) in [5.41, 5.74) is 0.402. The number of carboxylic acids is 2. The second-order valence-electron chi connectivity index (χ2n) is 5.23. The van der Waals surface area contributed by atoms with Crippen LogP contribution in [0.25, 0.3) is 0 Å². The highest BCUT2D eigenvalue weighted by Gasteiger charge is 2.22. The number of carboxylic acid groups (broad SMARTS) is 2. The number of aliphatic carboxylic acids is 1. The molecule has 21 heavy (non-hydrogen) atoms. The highest BCUT2D eigenvalue weighted by molar-refractivity contribution is 5.92. The molecule has 0 spiro atoms. The number of amides is 1. The Kier molecular flexibility index (Phi) is 5.90. The molecule has 6 nitrogen and oxygen atoms in total. The lowest BCUT2D eigenvalue weighted by atomic mass is 10.0. The SMILES string of the molecule is CC(C)CC(NC(=O)Cc1ccccc1C(=O)O)C(=O)O. The van der Waals surface area contributed by atoms with Crippen molar-refractivity contribution in [3.63, 3.8) is 0 Å². The molecule has 0 fully saturated rings. The molecule has 0 bridgehead atoms. The standard InChI is InChI=1S/C15H19NO5/c1-9(2)7-12(15(20)21)16-13(17)8-10-5-3-4-6-11(10)14(18)19/h3-6,9,12H,7-8H2,1-2H3,(H,16,17)(H,18,19)(H,20,21). The van der Waals surface area contributed by atoms with Crippen LogP contribution >= 0.6 is 0 Å². The second-order valence-corrected chi connectivity index (χ2v) is 5.23. The van der Waals surface area contributed by atoms with Gasteiger partial charge in [-0.15, -0.1) is 0 Å². The fraction of sp³-hybridized carbons (Fsp3) is 0.400. The van der Waals surface area contributed by atoms with Crippen molar-refractivity contribution in [3.05, 3.63) is 35.4 Å².